The molecule has 0 aliphatic carbocycles. The molecule has 1 nitrogen and oxygen atoms in total. The highest BCUT2D eigenvalue weighted by molar-refractivity contribution is 6.20. The molecule has 1 aromatic rings. The van der Waals surface area contributed by atoms with E-state index in [-0.39, 0.29) is 17.5 Å². The Hall–Kier alpha value is -0.670. The maximum absolute atomic E-state index is 13.3. The third kappa shape index (κ3) is 4.06. The highest BCUT2D eigenvalue weighted by Gasteiger charge is 2.11. The zero-order chi connectivity index (χ0) is 12.1. The molecule has 4 heteroatoms. The Morgan fingerprint density at radius 3 is 2.38 bits per heavy atom. The molecule has 16 heavy (non-hydrogen) atoms. The van der Waals surface area contributed by atoms with Crippen molar-refractivity contribution >= 4 is 11.6 Å². The number of hydrogen-bond donors (Lipinski definition) is 0. The fourth-order valence-corrected chi connectivity index (χ4v) is 1.53. The van der Waals surface area contributed by atoms with Crippen LogP contribution in [0.5, 0.6) is 0 Å². The van der Waals surface area contributed by atoms with Crippen LogP contribution in [0.4, 0.5) is 8.78 Å². The van der Waals surface area contributed by atoms with Crippen LogP contribution in [0.2, 0.25) is 0 Å². The molecule has 0 bridgehead atoms. The molecule has 0 radical (unpaired) electrons. The molecule has 0 aliphatic rings. The van der Waals surface area contributed by atoms with Crippen molar-refractivity contribution in [3.8, 4) is 0 Å². The summed E-state index contributed by atoms with van der Waals surface area (Å²) in [6, 6.07) is 3.92. The molecule has 0 N–H and O–H groups in total. The second kappa shape index (κ2) is 6.16. The summed E-state index contributed by atoms with van der Waals surface area (Å²) in [7, 11) is 1.82. The Morgan fingerprint density at radius 2 is 1.88 bits per heavy atom. The molecule has 0 aliphatic heterocycles. The Morgan fingerprint density at radius 1 is 1.31 bits per heavy atom. The minimum absolute atomic E-state index is 0.0768. The lowest BCUT2D eigenvalue weighted by molar-refractivity contribution is 0.310. The first-order valence-electron chi connectivity index (χ1n) is 5.26. The lowest BCUT2D eigenvalue weighted by Gasteiger charge is -2.18. The van der Waals surface area contributed by atoms with Gasteiger partial charge in [-0.05, 0) is 39.1 Å². The van der Waals surface area contributed by atoms with Gasteiger partial charge in [-0.2, -0.15) is 0 Å². The second-order valence-electron chi connectivity index (χ2n) is 4.01. The molecule has 90 valence electrons. The maximum atomic E-state index is 13.3. The second-order valence-corrected chi connectivity index (χ2v) is 4.75. The van der Waals surface area contributed by atoms with Crippen molar-refractivity contribution < 1.29 is 8.78 Å². The van der Waals surface area contributed by atoms with Gasteiger partial charge in [0.1, 0.15) is 11.6 Å². The van der Waals surface area contributed by atoms with Crippen LogP contribution in [0, 0.1) is 11.6 Å². The Balaban J connectivity index is 2.59. The minimum atomic E-state index is -0.495. The van der Waals surface area contributed by atoms with Gasteiger partial charge in [0.25, 0.3) is 0 Å². The number of hydrogen-bond acceptors (Lipinski definition) is 1. The van der Waals surface area contributed by atoms with E-state index < -0.39 is 11.6 Å². The SMILES string of the molecule is CC(Cl)CCN(C)Cc1c(F)cccc1F. The first-order valence-corrected chi connectivity index (χ1v) is 5.70. The molecule has 0 spiro atoms. The molecule has 0 saturated carbocycles. The van der Waals surface area contributed by atoms with Crippen LogP contribution in [-0.4, -0.2) is 23.9 Å². The molecule has 0 heterocycles. The summed E-state index contributed by atoms with van der Waals surface area (Å²) in [5.41, 5.74) is 0.118. The molecule has 1 unspecified atom stereocenters. The van der Waals surface area contributed by atoms with E-state index in [9.17, 15) is 8.78 Å². The summed E-state index contributed by atoms with van der Waals surface area (Å²) in [5.74, 6) is -0.989. The third-order valence-corrected chi connectivity index (χ3v) is 2.62. The van der Waals surface area contributed by atoms with Gasteiger partial charge >= 0.3 is 0 Å². The molecule has 1 atom stereocenters. The van der Waals surface area contributed by atoms with Gasteiger partial charge in [-0.15, -0.1) is 11.6 Å². The van der Waals surface area contributed by atoms with Crippen LogP contribution in [-0.2, 0) is 6.54 Å². The zero-order valence-electron chi connectivity index (χ0n) is 9.51. The number of nitrogens with zero attached hydrogens (tertiary/aromatic N) is 1. The van der Waals surface area contributed by atoms with Gasteiger partial charge < -0.3 is 4.90 Å². The molecule has 0 saturated heterocycles. The maximum Gasteiger partial charge on any atom is 0.130 e. The molecule has 0 aromatic heterocycles. The predicted octanol–water partition coefficient (Wildman–Crippen LogP) is 3.41. The van der Waals surface area contributed by atoms with E-state index in [1.807, 2.05) is 18.9 Å². The fraction of sp³-hybridized carbons (Fsp3) is 0.500. The van der Waals surface area contributed by atoms with Gasteiger partial charge in [-0.1, -0.05) is 6.07 Å². The van der Waals surface area contributed by atoms with Crippen molar-refractivity contribution in [1.29, 1.82) is 0 Å². The number of halogens is 3. The average molecular weight is 248 g/mol. The Kier molecular flexibility index (Phi) is 5.16. The van der Waals surface area contributed by atoms with Crippen LogP contribution >= 0.6 is 11.6 Å². The van der Waals surface area contributed by atoms with E-state index in [0.717, 1.165) is 13.0 Å². The molecular formula is C12H16ClF2N. The summed E-state index contributed by atoms with van der Waals surface area (Å²) in [6.45, 7) is 2.89. The van der Waals surface area contributed by atoms with Gasteiger partial charge in [-0.25, -0.2) is 8.78 Å². The van der Waals surface area contributed by atoms with Crippen molar-refractivity contribution in [2.75, 3.05) is 13.6 Å². The highest BCUT2D eigenvalue weighted by Crippen LogP contribution is 2.14. The summed E-state index contributed by atoms with van der Waals surface area (Å²) in [4.78, 5) is 1.86. The van der Waals surface area contributed by atoms with E-state index in [0.29, 0.717) is 0 Å². The van der Waals surface area contributed by atoms with Gasteiger partial charge in [0, 0.05) is 17.5 Å². The Bertz CT molecular complexity index is 322. The number of alkyl halides is 1. The first kappa shape index (κ1) is 13.4. The third-order valence-electron chi connectivity index (χ3n) is 2.40. The number of rotatable bonds is 5. The topological polar surface area (TPSA) is 3.24 Å². The average Bonchev–Trinajstić information content (AvgIpc) is 2.21. The largest absolute Gasteiger partial charge is 0.302 e. The van der Waals surface area contributed by atoms with Crippen LogP contribution < -0.4 is 0 Å². The van der Waals surface area contributed by atoms with Gasteiger partial charge in [0.2, 0.25) is 0 Å². The standard InChI is InChI=1S/C12H16ClF2N/c1-9(13)6-7-16(2)8-10-11(14)4-3-5-12(10)15/h3-5,9H,6-8H2,1-2H3. The summed E-state index contributed by atoms with van der Waals surface area (Å²) in [6.07, 6.45) is 0.800. The van der Waals surface area contributed by atoms with Crippen LogP contribution in [0.15, 0.2) is 18.2 Å². The van der Waals surface area contributed by atoms with E-state index in [2.05, 4.69) is 0 Å². The highest BCUT2D eigenvalue weighted by atomic mass is 35.5. The van der Waals surface area contributed by atoms with Crippen LogP contribution in [0.1, 0.15) is 18.9 Å². The first-order chi connectivity index (χ1) is 7.50. The van der Waals surface area contributed by atoms with Crippen molar-refractivity contribution in [2.45, 2.75) is 25.3 Å². The van der Waals surface area contributed by atoms with Crippen molar-refractivity contribution in [2.24, 2.45) is 0 Å². The van der Waals surface area contributed by atoms with Crippen molar-refractivity contribution in [1.82, 2.24) is 4.90 Å². The molecular weight excluding hydrogens is 232 g/mol. The monoisotopic (exact) mass is 247 g/mol. The van der Waals surface area contributed by atoms with Crippen molar-refractivity contribution in [3.05, 3.63) is 35.4 Å². The lowest BCUT2D eigenvalue weighted by Crippen LogP contribution is -2.22. The van der Waals surface area contributed by atoms with E-state index in [1.165, 1.54) is 18.2 Å². The normalized spacial score (nSPS) is 13.1. The molecule has 0 fully saturated rings. The summed E-state index contributed by atoms with van der Waals surface area (Å²) < 4.78 is 26.6. The number of benzene rings is 1. The Labute approximate surface area is 100 Å². The van der Waals surface area contributed by atoms with E-state index in [1.54, 1.807) is 0 Å². The lowest BCUT2D eigenvalue weighted by atomic mass is 10.2. The minimum Gasteiger partial charge on any atom is -0.302 e. The zero-order valence-corrected chi connectivity index (χ0v) is 10.3. The van der Waals surface area contributed by atoms with Gasteiger partial charge in [0.05, 0.1) is 0 Å². The molecule has 1 aromatic carbocycles. The molecule has 1 rings (SSSR count). The molecule has 0 amide bonds. The van der Waals surface area contributed by atoms with Gasteiger partial charge in [-0.3, -0.25) is 0 Å². The fourth-order valence-electron chi connectivity index (χ4n) is 1.43. The van der Waals surface area contributed by atoms with E-state index >= 15 is 0 Å². The summed E-state index contributed by atoms with van der Waals surface area (Å²) >= 11 is 5.81. The van der Waals surface area contributed by atoms with E-state index in [4.69, 9.17) is 11.6 Å². The smallest absolute Gasteiger partial charge is 0.130 e. The quantitative estimate of drug-likeness (QED) is 0.721. The van der Waals surface area contributed by atoms with Crippen molar-refractivity contribution in [3.63, 3.8) is 0 Å². The predicted molar refractivity (Wildman–Crippen MR) is 62.6 cm³/mol. The van der Waals surface area contributed by atoms with Crippen LogP contribution in [0.3, 0.4) is 0 Å². The van der Waals surface area contributed by atoms with Gasteiger partial charge in [0.15, 0.2) is 0 Å². The van der Waals surface area contributed by atoms with Crippen LogP contribution in [0.25, 0.3) is 0 Å². The summed E-state index contributed by atoms with van der Waals surface area (Å²) in [5, 5.41) is 0.0768.